The van der Waals surface area contributed by atoms with Gasteiger partial charge >= 0.3 is 0 Å². The van der Waals surface area contributed by atoms with Crippen molar-refractivity contribution in [1.82, 2.24) is 24.6 Å². The van der Waals surface area contributed by atoms with Crippen LogP contribution in [0.4, 0.5) is 0 Å². The highest BCUT2D eigenvalue weighted by Gasteiger charge is 2.30. The number of fused-ring (bicyclic) bond motifs is 2. The highest BCUT2D eigenvalue weighted by atomic mass is 16.5. The van der Waals surface area contributed by atoms with Crippen LogP contribution < -0.4 is 0 Å². The molecule has 1 aromatic carbocycles. The maximum absolute atomic E-state index is 12.8. The Hall–Kier alpha value is -2.67. The number of carbonyl (C=O) groups excluding carboxylic acids is 1. The summed E-state index contributed by atoms with van der Waals surface area (Å²) >= 11 is 0. The number of carbonyl (C=O) groups is 1. The van der Waals surface area contributed by atoms with Crippen molar-refractivity contribution < 1.29 is 9.53 Å². The number of hydrogen-bond donors (Lipinski definition) is 1. The number of aryl methyl sites for hydroxylation is 3. The first-order chi connectivity index (χ1) is 13.6. The second-order valence-electron chi connectivity index (χ2n) is 7.85. The molecular weight excluding hydrogens is 354 g/mol. The largest absolute Gasteiger partial charge is 0.368 e. The van der Waals surface area contributed by atoms with E-state index in [0.29, 0.717) is 13.2 Å². The van der Waals surface area contributed by atoms with Crippen LogP contribution in [0.5, 0.6) is 0 Å². The van der Waals surface area contributed by atoms with Crippen LogP contribution in [0, 0.1) is 13.8 Å². The topological polar surface area (TPSA) is 76.0 Å². The summed E-state index contributed by atoms with van der Waals surface area (Å²) < 4.78 is 7.61. The summed E-state index contributed by atoms with van der Waals surface area (Å²) in [5.41, 5.74) is 6.32. The number of H-pyrrole nitrogens is 1. The summed E-state index contributed by atoms with van der Waals surface area (Å²) in [6.07, 6.45) is 2.43. The Balaban J connectivity index is 1.44. The van der Waals surface area contributed by atoms with Gasteiger partial charge in [0.2, 0.25) is 0 Å². The molecular formula is C21H25N5O2. The fourth-order valence-corrected chi connectivity index (χ4v) is 4.18. The van der Waals surface area contributed by atoms with E-state index in [1.165, 1.54) is 11.1 Å². The summed E-state index contributed by atoms with van der Waals surface area (Å²) in [6.45, 7) is 7.02. The molecule has 1 atom stereocenters. The third-order valence-electron chi connectivity index (χ3n) is 5.95. The van der Waals surface area contributed by atoms with Crippen LogP contribution in [-0.4, -0.2) is 49.8 Å². The number of aromatic nitrogens is 4. The van der Waals surface area contributed by atoms with Gasteiger partial charge in [0.1, 0.15) is 11.8 Å². The number of nitrogens with one attached hydrogen (secondary N) is 1. The van der Waals surface area contributed by atoms with Gasteiger partial charge in [0.25, 0.3) is 5.91 Å². The molecule has 2 aliphatic heterocycles. The van der Waals surface area contributed by atoms with Crippen LogP contribution in [0.25, 0.3) is 22.6 Å². The molecule has 1 N–H and O–H groups in total. The van der Waals surface area contributed by atoms with Crippen LogP contribution in [-0.2, 0) is 22.6 Å². The van der Waals surface area contributed by atoms with E-state index in [0.717, 1.165) is 60.6 Å². The van der Waals surface area contributed by atoms with Gasteiger partial charge in [-0.3, -0.25) is 9.48 Å². The average molecular weight is 379 g/mol. The maximum Gasteiger partial charge on any atom is 0.252 e. The van der Waals surface area contributed by atoms with Gasteiger partial charge in [-0.05, 0) is 56.4 Å². The Bertz CT molecular complexity index is 1040. The second kappa shape index (κ2) is 6.74. The van der Waals surface area contributed by atoms with Gasteiger partial charge in [0.15, 0.2) is 5.82 Å². The Morgan fingerprint density at radius 3 is 2.96 bits per heavy atom. The number of benzene rings is 1. The normalized spacial score (nSPS) is 19.8. The lowest BCUT2D eigenvalue weighted by Crippen LogP contribution is -2.38. The summed E-state index contributed by atoms with van der Waals surface area (Å²) in [5, 5.41) is 4.77. The molecule has 2 aromatic heterocycles. The van der Waals surface area contributed by atoms with Gasteiger partial charge in [-0.1, -0.05) is 6.07 Å². The quantitative estimate of drug-likeness (QED) is 0.743. The molecule has 1 amide bonds. The number of hydrogen-bond acceptors (Lipinski definition) is 4. The molecule has 0 unspecified atom stereocenters. The van der Waals surface area contributed by atoms with Crippen LogP contribution in [0.15, 0.2) is 18.2 Å². The lowest BCUT2D eigenvalue weighted by atomic mass is 10.1. The highest BCUT2D eigenvalue weighted by Crippen LogP contribution is 2.26. The van der Waals surface area contributed by atoms with E-state index in [4.69, 9.17) is 14.8 Å². The zero-order valence-electron chi connectivity index (χ0n) is 16.4. The van der Waals surface area contributed by atoms with E-state index in [-0.39, 0.29) is 12.0 Å². The first kappa shape index (κ1) is 17.4. The zero-order chi connectivity index (χ0) is 19.3. The van der Waals surface area contributed by atoms with E-state index in [2.05, 4.69) is 37.0 Å². The van der Waals surface area contributed by atoms with Gasteiger partial charge in [-0.25, -0.2) is 4.98 Å². The Kier molecular flexibility index (Phi) is 4.19. The van der Waals surface area contributed by atoms with Gasteiger partial charge < -0.3 is 14.6 Å². The van der Waals surface area contributed by atoms with Crippen molar-refractivity contribution in [3.8, 4) is 11.5 Å². The second-order valence-corrected chi connectivity index (χ2v) is 7.85. The van der Waals surface area contributed by atoms with Crippen LogP contribution in [0.3, 0.4) is 0 Å². The predicted octanol–water partition coefficient (Wildman–Crippen LogP) is 2.95. The van der Waals surface area contributed by atoms with Crippen molar-refractivity contribution >= 4 is 16.9 Å². The molecule has 28 heavy (non-hydrogen) atoms. The molecule has 5 rings (SSSR count). The molecule has 0 radical (unpaired) electrons. The lowest BCUT2D eigenvalue weighted by molar-refractivity contribution is -0.141. The van der Waals surface area contributed by atoms with Crippen LogP contribution in [0.1, 0.15) is 36.1 Å². The molecule has 7 heteroatoms. The number of imidazole rings is 1. The molecule has 7 nitrogen and oxygen atoms in total. The van der Waals surface area contributed by atoms with E-state index in [1.54, 1.807) is 0 Å². The summed E-state index contributed by atoms with van der Waals surface area (Å²) in [7, 11) is 0. The van der Waals surface area contributed by atoms with E-state index in [1.807, 2.05) is 9.58 Å². The van der Waals surface area contributed by atoms with Gasteiger partial charge in [0.05, 0.1) is 23.3 Å². The Morgan fingerprint density at radius 1 is 1.25 bits per heavy atom. The van der Waals surface area contributed by atoms with Gasteiger partial charge in [-0.15, -0.1) is 0 Å². The van der Waals surface area contributed by atoms with Crippen molar-refractivity contribution in [2.45, 2.75) is 52.3 Å². The Morgan fingerprint density at radius 2 is 2.14 bits per heavy atom. The molecule has 1 saturated heterocycles. The molecule has 0 bridgehead atoms. The SMILES string of the molecule is Cc1ccc2[nH]c(-c3cc4n(n3)CCCN(C(=O)[C@@H]3CCCO3)C4)nc2c1C. The summed E-state index contributed by atoms with van der Waals surface area (Å²) in [4.78, 5) is 22.9. The minimum Gasteiger partial charge on any atom is -0.368 e. The highest BCUT2D eigenvalue weighted by molar-refractivity contribution is 5.83. The Labute approximate surface area is 163 Å². The van der Waals surface area contributed by atoms with E-state index < -0.39 is 0 Å². The van der Waals surface area contributed by atoms with Crippen molar-refractivity contribution in [3.63, 3.8) is 0 Å². The minimum absolute atomic E-state index is 0.114. The fourth-order valence-electron chi connectivity index (χ4n) is 4.18. The molecule has 0 saturated carbocycles. The average Bonchev–Trinajstić information content (AvgIpc) is 3.42. The molecule has 2 aliphatic rings. The van der Waals surface area contributed by atoms with Gasteiger partial charge in [0, 0.05) is 19.7 Å². The summed E-state index contributed by atoms with van der Waals surface area (Å²) in [6, 6.07) is 6.23. The minimum atomic E-state index is -0.268. The third kappa shape index (κ3) is 2.90. The van der Waals surface area contributed by atoms with Crippen molar-refractivity contribution in [1.29, 1.82) is 0 Å². The monoisotopic (exact) mass is 379 g/mol. The molecule has 0 spiro atoms. The summed E-state index contributed by atoms with van der Waals surface area (Å²) in [5.74, 6) is 0.893. The molecule has 1 fully saturated rings. The zero-order valence-corrected chi connectivity index (χ0v) is 16.4. The number of nitrogens with zero attached hydrogens (tertiary/aromatic N) is 4. The fraction of sp³-hybridized carbons (Fsp3) is 0.476. The predicted molar refractivity (Wildman–Crippen MR) is 106 cm³/mol. The number of rotatable bonds is 2. The first-order valence-corrected chi connectivity index (χ1v) is 10.0. The third-order valence-corrected chi connectivity index (χ3v) is 5.95. The number of amides is 1. The molecule has 0 aliphatic carbocycles. The smallest absolute Gasteiger partial charge is 0.252 e. The maximum atomic E-state index is 12.8. The van der Waals surface area contributed by atoms with Crippen molar-refractivity contribution in [3.05, 3.63) is 35.0 Å². The number of aromatic amines is 1. The van der Waals surface area contributed by atoms with E-state index >= 15 is 0 Å². The lowest BCUT2D eigenvalue weighted by Gasteiger charge is -2.23. The molecule has 146 valence electrons. The number of ether oxygens (including phenoxy) is 1. The van der Waals surface area contributed by atoms with Crippen LogP contribution in [0.2, 0.25) is 0 Å². The molecule has 3 aromatic rings. The first-order valence-electron chi connectivity index (χ1n) is 10.0. The standard InChI is InChI=1S/C21H25N5O2/c1-13-6-7-16-19(14(13)2)23-20(22-16)17-11-15-12-25(8-4-9-26(15)24-17)21(27)18-5-3-10-28-18/h6-7,11,18H,3-5,8-10,12H2,1-2H3,(H,22,23)/t18-/m0/s1. The van der Waals surface area contributed by atoms with Crippen molar-refractivity contribution in [2.75, 3.05) is 13.2 Å². The molecule has 4 heterocycles. The van der Waals surface area contributed by atoms with Crippen LogP contribution >= 0.6 is 0 Å². The van der Waals surface area contributed by atoms with E-state index in [9.17, 15) is 4.79 Å². The van der Waals surface area contributed by atoms with Gasteiger partial charge in [-0.2, -0.15) is 5.10 Å². The van der Waals surface area contributed by atoms with Crippen molar-refractivity contribution in [2.24, 2.45) is 0 Å².